The Balaban J connectivity index is 1.70. The van der Waals surface area contributed by atoms with E-state index in [1.54, 1.807) is 0 Å². The van der Waals surface area contributed by atoms with Crippen LogP contribution in [0.25, 0.3) is 0 Å². The number of ether oxygens (including phenoxy) is 1. The smallest absolute Gasteiger partial charge is 0.180 e. The van der Waals surface area contributed by atoms with Crippen LogP contribution in [-0.2, 0) is 14.6 Å². The van der Waals surface area contributed by atoms with Crippen LogP contribution in [0.5, 0.6) is 0 Å². The average molecular weight is 298 g/mol. The Hall–Kier alpha value is -0.940. The first-order chi connectivity index (χ1) is 9.49. The van der Waals surface area contributed by atoms with Gasteiger partial charge < -0.3 is 4.74 Å². The van der Waals surface area contributed by atoms with E-state index < -0.39 is 15.7 Å². The van der Waals surface area contributed by atoms with Gasteiger partial charge >= 0.3 is 0 Å². The van der Waals surface area contributed by atoms with Gasteiger partial charge in [-0.25, -0.2) is 12.8 Å². The first-order valence-electron chi connectivity index (χ1n) is 7.15. The summed E-state index contributed by atoms with van der Waals surface area (Å²) in [6.45, 7) is 0. The maximum Gasteiger partial charge on any atom is 0.180 e. The molecule has 1 unspecified atom stereocenters. The largest absolute Gasteiger partial charge is 0.371 e. The summed E-state index contributed by atoms with van der Waals surface area (Å²) in [6.07, 6.45) is 6.02. The van der Waals surface area contributed by atoms with E-state index >= 15 is 0 Å². The van der Waals surface area contributed by atoms with Crippen LogP contribution < -0.4 is 0 Å². The van der Waals surface area contributed by atoms with Gasteiger partial charge in [0.25, 0.3) is 0 Å². The third-order valence-electron chi connectivity index (χ3n) is 4.43. The molecule has 1 aliphatic heterocycles. The van der Waals surface area contributed by atoms with Crippen molar-refractivity contribution in [2.75, 3.05) is 5.75 Å². The fourth-order valence-corrected chi connectivity index (χ4v) is 4.85. The van der Waals surface area contributed by atoms with Crippen LogP contribution in [0.4, 0.5) is 4.39 Å². The molecule has 1 heterocycles. The molecule has 0 radical (unpaired) electrons. The molecule has 0 aromatic heterocycles. The van der Waals surface area contributed by atoms with E-state index in [2.05, 4.69) is 0 Å². The molecule has 0 bridgehead atoms. The molecule has 1 atom stereocenters. The number of hydrogen-bond acceptors (Lipinski definition) is 3. The predicted octanol–water partition coefficient (Wildman–Crippen LogP) is 3.09. The fourth-order valence-electron chi connectivity index (χ4n) is 3.38. The van der Waals surface area contributed by atoms with Gasteiger partial charge in [0.05, 0.1) is 22.4 Å². The van der Waals surface area contributed by atoms with E-state index in [1.165, 1.54) is 37.1 Å². The molecule has 0 amide bonds. The molecule has 1 spiro atoms. The Morgan fingerprint density at radius 3 is 2.45 bits per heavy atom. The van der Waals surface area contributed by atoms with E-state index in [9.17, 15) is 12.8 Å². The minimum Gasteiger partial charge on any atom is -0.371 e. The van der Waals surface area contributed by atoms with Crippen molar-refractivity contribution in [2.24, 2.45) is 0 Å². The number of hydrogen-bond donors (Lipinski definition) is 0. The Kier molecular flexibility index (Phi) is 3.58. The fraction of sp³-hybridized carbons (Fsp3) is 0.600. The van der Waals surface area contributed by atoms with Gasteiger partial charge in [-0.05, 0) is 49.9 Å². The van der Waals surface area contributed by atoms with Gasteiger partial charge in [-0.15, -0.1) is 0 Å². The minimum atomic E-state index is -3.40. The van der Waals surface area contributed by atoms with Crippen LogP contribution in [0.2, 0.25) is 0 Å². The van der Waals surface area contributed by atoms with Crippen molar-refractivity contribution in [3.05, 3.63) is 30.1 Å². The Morgan fingerprint density at radius 1 is 1.15 bits per heavy atom. The van der Waals surface area contributed by atoms with Gasteiger partial charge in [0, 0.05) is 0 Å². The van der Waals surface area contributed by atoms with Gasteiger partial charge in [-0.1, -0.05) is 12.8 Å². The summed E-state index contributed by atoms with van der Waals surface area (Å²) < 4.78 is 43.5. The van der Waals surface area contributed by atoms with E-state index in [0.717, 1.165) is 25.7 Å². The molecule has 3 rings (SSSR count). The molecule has 2 aliphatic rings. The standard InChI is InChI=1S/C15H19FO3S/c16-12-3-5-14(6-4-12)20(17,18)11-13-7-10-15(19-13)8-1-2-9-15/h3-6,13H,1-2,7-11H2. The third kappa shape index (κ3) is 2.74. The molecule has 2 fully saturated rings. The molecule has 1 aromatic carbocycles. The second-order valence-corrected chi connectivity index (χ2v) is 7.94. The lowest BCUT2D eigenvalue weighted by atomic mass is 9.98. The van der Waals surface area contributed by atoms with Crippen molar-refractivity contribution in [3.8, 4) is 0 Å². The molecule has 1 aliphatic carbocycles. The van der Waals surface area contributed by atoms with E-state index in [4.69, 9.17) is 4.74 Å². The second kappa shape index (κ2) is 5.11. The van der Waals surface area contributed by atoms with Gasteiger partial charge in [0.15, 0.2) is 9.84 Å². The number of rotatable bonds is 3. The second-order valence-electron chi connectivity index (χ2n) is 5.90. The number of benzene rings is 1. The van der Waals surface area contributed by atoms with Crippen LogP contribution in [0.3, 0.4) is 0 Å². The molecule has 1 aromatic rings. The Morgan fingerprint density at radius 2 is 1.80 bits per heavy atom. The lowest BCUT2D eigenvalue weighted by Gasteiger charge is -2.23. The molecule has 3 nitrogen and oxygen atoms in total. The van der Waals surface area contributed by atoms with Crippen molar-refractivity contribution >= 4 is 9.84 Å². The highest BCUT2D eigenvalue weighted by Crippen LogP contribution is 2.43. The van der Waals surface area contributed by atoms with Gasteiger partial charge in [0.2, 0.25) is 0 Å². The summed E-state index contributed by atoms with van der Waals surface area (Å²) in [6, 6.07) is 5.01. The monoisotopic (exact) mass is 298 g/mol. The molecule has 1 saturated heterocycles. The SMILES string of the molecule is O=S(=O)(CC1CCC2(CCCC2)O1)c1ccc(F)cc1. The highest BCUT2D eigenvalue weighted by atomic mass is 32.2. The highest BCUT2D eigenvalue weighted by molar-refractivity contribution is 7.91. The van der Waals surface area contributed by atoms with Crippen molar-refractivity contribution in [1.29, 1.82) is 0 Å². The van der Waals surface area contributed by atoms with Crippen molar-refractivity contribution in [2.45, 2.75) is 55.1 Å². The number of sulfone groups is 1. The summed E-state index contributed by atoms with van der Waals surface area (Å²) in [7, 11) is -3.40. The molecular formula is C15H19FO3S. The summed E-state index contributed by atoms with van der Waals surface area (Å²) >= 11 is 0. The first kappa shape index (κ1) is 14.0. The lowest BCUT2D eigenvalue weighted by Crippen LogP contribution is -2.28. The quantitative estimate of drug-likeness (QED) is 0.805. The molecule has 20 heavy (non-hydrogen) atoms. The molecule has 110 valence electrons. The van der Waals surface area contributed by atoms with Crippen LogP contribution >= 0.6 is 0 Å². The van der Waals surface area contributed by atoms with Crippen molar-refractivity contribution < 1.29 is 17.5 Å². The maximum absolute atomic E-state index is 12.9. The van der Waals surface area contributed by atoms with Crippen LogP contribution in [0, 0.1) is 5.82 Å². The maximum atomic E-state index is 12.9. The minimum absolute atomic E-state index is 0.000379. The normalized spacial score (nSPS) is 25.4. The van der Waals surface area contributed by atoms with E-state index in [-0.39, 0.29) is 22.4 Å². The van der Waals surface area contributed by atoms with Crippen molar-refractivity contribution in [1.82, 2.24) is 0 Å². The molecule has 5 heteroatoms. The Labute approximate surface area is 119 Å². The predicted molar refractivity (Wildman–Crippen MR) is 73.8 cm³/mol. The molecular weight excluding hydrogens is 279 g/mol. The zero-order valence-electron chi connectivity index (χ0n) is 11.3. The number of halogens is 1. The van der Waals surface area contributed by atoms with E-state index in [1.807, 2.05) is 0 Å². The van der Waals surface area contributed by atoms with E-state index in [0.29, 0.717) is 0 Å². The van der Waals surface area contributed by atoms with Crippen LogP contribution in [0.1, 0.15) is 38.5 Å². The van der Waals surface area contributed by atoms with Gasteiger partial charge in [-0.3, -0.25) is 0 Å². The Bertz CT molecular complexity index is 574. The lowest BCUT2D eigenvalue weighted by molar-refractivity contribution is -0.0273. The van der Waals surface area contributed by atoms with Crippen molar-refractivity contribution in [3.63, 3.8) is 0 Å². The summed E-state index contributed by atoms with van der Waals surface area (Å²) in [5.41, 5.74) is -0.0526. The molecule has 1 saturated carbocycles. The third-order valence-corrected chi connectivity index (χ3v) is 6.23. The first-order valence-corrected chi connectivity index (χ1v) is 8.81. The van der Waals surface area contributed by atoms with Crippen LogP contribution in [0.15, 0.2) is 29.2 Å². The summed E-state index contributed by atoms with van der Waals surface area (Å²) in [5.74, 6) is -0.425. The van der Waals surface area contributed by atoms with Crippen LogP contribution in [-0.4, -0.2) is 25.9 Å². The van der Waals surface area contributed by atoms with Gasteiger partial charge in [-0.2, -0.15) is 0 Å². The van der Waals surface area contributed by atoms with Gasteiger partial charge in [0.1, 0.15) is 5.82 Å². The molecule has 0 N–H and O–H groups in total. The topological polar surface area (TPSA) is 43.4 Å². The zero-order valence-corrected chi connectivity index (χ0v) is 12.2. The summed E-state index contributed by atoms with van der Waals surface area (Å²) in [4.78, 5) is 0.176. The summed E-state index contributed by atoms with van der Waals surface area (Å²) in [5, 5.41) is 0. The zero-order chi connectivity index (χ0) is 14.2. The average Bonchev–Trinajstić information content (AvgIpc) is 3.00. The highest BCUT2D eigenvalue weighted by Gasteiger charge is 2.43.